The minimum atomic E-state index is -0.185. The molecule has 3 nitrogen and oxygen atoms in total. The molecule has 1 fully saturated rings. The number of carbonyl (C=O) groups excluding carboxylic acids is 1. The maximum absolute atomic E-state index is 10.7. The molecule has 0 radical (unpaired) electrons. The van der Waals surface area contributed by atoms with Crippen LogP contribution in [0.25, 0.3) is 0 Å². The van der Waals surface area contributed by atoms with Crippen LogP contribution in [0.5, 0.6) is 0 Å². The highest BCUT2D eigenvalue weighted by atomic mass is 16.7. The van der Waals surface area contributed by atoms with Crippen LogP contribution in [0.4, 0.5) is 0 Å². The van der Waals surface area contributed by atoms with Gasteiger partial charge in [0.2, 0.25) is 0 Å². The van der Waals surface area contributed by atoms with Crippen LogP contribution in [0.1, 0.15) is 43.6 Å². The normalized spacial score (nSPS) is 20.0. The van der Waals surface area contributed by atoms with Crippen LogP contribution < -0.4 is 0 Å². The van der Waals surface area contributed by atoms with Crippen molar-refractivity contribution in [3.63, 3.8) is 0 Å². The minimum Gasteiger partial charge on any atom is -0.298 e. The maximum Gasteiger partial charge on any atom is 0.150 e. The molecule has 0 amide bonds. The van der Waals surface area contributed by atoms with Gasteiger partial charge in [0.05, 0.1) is 12.1 Å². The Labute approximate surface area is 109 Å². The molecule has 18 heavy (non-hydrogen) atoms. The van der Waals surface area contributed by atoms with Crippen molar-refractivity contribution < 1.29 is 9.63 Å². The van der Waals surface area contributed by atoms with Gasteiger partial charge in [0.15, 0.2) is 0 Å². The molecule has 1 aliphatic rings. The monoisotopic (exact) mass is 247 g/mol. The van der Waals surface area contributed by atoms with Gasteiger partial charge in [-0.25, -0.2) is 0 Å². The lowest BCUT2D eigenvalue weighted by Crippen LogP contribution is -2.39. The Bertz CT molecular complexity index is 434. The first kappa shape index (κ1) is 13.2. The Balaban J connectivity index is 2.22. The molecule has 0 N–H and O–H groups in total. The van der Waals surface area contributed by atoms with Gasteiger partial charge < -0.3 is 0 Å². The number of hydroxylamine groups is 2. The van der Waals surface area contributed by atoms with Gasteiger partial charge in [-0.2, -0.15) is 5.06 Å². The van der Waals surface area contributed by atoms with Gasteiger partial charge in [-0.3, -0.25) is 9.63 Å². The molecular formula is C15H21NO2. The largest absolute Gasteiger partial charge is 0.298 e. The fourth-order valence-corrected chi connectivity index (χ4v) is 2.21. The van der Waals surface area contributed by atoms with E-state index in [9.17, 15) is 4.79 Å². The number of carbonyl (C=O) groups is 1. The van der Waals surface area contributed by atoms with Crippen molar-refractivity contribution in [2.45, 2.75) is 33.2 Å². The fourth-order valence-electron chi connectivity index (χ4n) is 2.21. The average Bonchev–Trinajstić information content (AvgIpc) is 2.70. The number of hydrogen-bond donors (Lipinski definition) is 0. The topological polar surface area (TPSA) is 29.5 Å². The number of benzene rings is 1. The van der Waals surface area contributed by atoms with Crippen molar-refractivity contribution >= 4 is 6.29 Å². The first-order valence-electron chi connectivity index (χ1n) is 6.31. The van der Waals surface area contributed by atoms with E-state index >= 15 is 0 Å². The molecule has 1 aromatic carbocycles. The Kier molecular flexibility index (Phi) is 3.30. The molecule has 3 heteroatoms. The van der Waals surface area contributed by atoms with Gasteiger partial charge in [-0.05, 0) is 19.4 Å². The number of nitrogens with zero attached hydrogens (tertiary/aromatic N) is 1. The molecule has 0 spiro atoms. The Hall–Kier alpha value is -1.19. The van der Waals surface area contributed by atoms with Gasteiger partial charge in [0, 0.05) is 17.5 Å². The zero-order chi connectivity index (χ0) is 13.4. The first-order chi connectivity index (χ1) is 8.35. The van der Waals surface area contributed by atoms with E-state index in [1.54, 1.807) is 0 Å². The van der Waals surface area contributed by atoms with E-state index in [1.807, 2.05) is 29.3 Å². The summed E-state index contributed by atoms with van der Waals surface area (Å²) in [4.78, 5) is 16.5. The molecule has 1 aliphatic heterocycles. The van der Waals surface area contributed by atoms with Gasteiger partial charge in [0.1, 0.15) is 6.29 Å². The summed E-state index contributed by atoms with van der Waals surface area (Å²) < 4.78 is 0. The molecule has 1 saturated heterocycles. The Morgan fingerprint density at radius 2 is 1.89 bits per heavy atom. The fraction of sp³-hybridized carbons (Fsp3) is 0.533. The predicted molar refractivity (Wildman–Crippen MR) is 71.3 cm³/mol. The highest BCUT2D eigenvalue weighted by molar-refractivity contribution is 5.74. The van der Waals surface area contributed by atoms with Crippen molar-refractivity contribution in [3.05, 3.63) is 35.4 Å². The van der Waals surface area contributed by atoms with Gasteiger partial charge in [-0.1, -0.05) is 38.1 Å². The van der Waals surface area contributed by atoms with E-state index < -0.39 is 0 Å². The molecule has 0 unspecified atom stereocenters. The van der Waals surface area contributed by atoms with Crippen LogP contribution >= 0.6 is 0 Å². The third-order valence-corrected chi connectivity index (χ3v) is 3.56. The Morgan fingerprint density at radius 3 is 2.33 bits per heavy atom. The quantitative estimate of drug-likeness (QED) is 0.769. The van der Waals surface area contributed by atoms with Crippen molar-refractivity contribution in [1.82, 2.24) is 5.06 Å². The van der Waals surface area contributed by atoms with Gasteiger partial charge >= 0.3 is 0 Å². The van der Waals surface area contributed by atoms with Gasteiger partial charge in [0.25, 0.3) is 0 Å². The van der Waals surface area contributed by atoms with E-state index in [0.717, 1.165) is 25.0 Å². The number of hydrogen-bond acceptors (Lipinski definition) is 3. The zero-order valence-corrected chi connectivity index (χ0v) is 11.6. The zero-order valence-electron chi connectivity index (χ0n) is 11.6. The van der Waals surface area contributed by atoms with E-state index in [1.165, 1.54) is 0 Å². The minimum absolute atomic E-state index is 0.185. The van der Waals surface area contributed by atoms with Crippen LogP contribution in [0.3, 0.4) is 0 Å². The summed E-state index contributed by atoms with van der Waals surface area (Å²) in [6.45, 7) is 10.4. The molecule has 0 atom stereocenters. The molecule has 0 aliphatic carbocycles. The summed E-state index contributed by atoms with van der Waals surface area (Å²) in [5, 5.41) is 2.04. The second kappa shape index (κ2) is 4.48. The maximum atomic E-state index is 10.7. The summed E-state index contributed by atoms with van der Waals surface area (Å²) in [5.41, 5.74) is 1.87. The lowest BCUT2D eigenvalue weighted by molar-refractivity contribution is -0.176. The standard InChI is InChI=1S/C15H21NO2/c1-14(2)10-16(18-11-14)15(3,4)13-7-5-12(9-17)6-8-13/h5-9H,10-11H2,1-4H3. The summed E-state index contributed by atoms with van der Waals surface area (Å²) in [5.74, 6) is 0. The van der Waals surface area contributed by atoms with Crippen molar-refractivity contribution in [1.29, 1.82) is 0 Å². The summed E-state index contributed by atoms with van der Waals surface area (Å²) in [7, 11) is 0. The van der Waals surface area contributed by atoms with E-state index in [0.29, 0.717) is 5.56 Å². The molecule has 98 valence electrons. The van der Waals surface area contributed by atoms with Crippen LogP contribution in [0, 0.1) is 5.41 Å². The summed E-state index contributed by atoms with van der Waals surface area (Å²) >= 11 is 0. The Morgan fingerprint density at radius 1 is 1.28 bits per heavy atom. The lowest BCUT2D eigenvalue weighted by Gasteiger charge is -2.34. The van der Waals surface area contributed by atoms with E-state index in [4.69, 9.17) is 4.84 Å². The van der Waals surface area contributed by atoms with E-state index in [2.05, 4.69) is 27.7 Å². The highest BCUT2D eigenvalue weighted by Crippen LogP contribution is 2.36. The van der Waals surface area contributed by atoms with Crippen molar-refractivity contribution in [2.75, 3.05) is 13.2 Å². The smallest absolute Gasteiger partial charge is 0.150 e. The molecule has 0 aromatic heterocycles. The summed E-state index contributed by atoms with van der Waals surface area (Å²) in [6, 6.07) is 7.70. The first-order valence-corrected chi connectivity index (χ1v) is 6.31. The van der Waals surface area contributed by atoms with Crippen molar-refractivity contribution in [3.8, 4) is 0 Å². The number of rotatable bonds is 3. The third-order valence-electron chi connectivity index (χ3n) is 3.56. The molecule has 0 bridgehead atoms. The molecular weight excluding hydrogens is 226 g/mol. The van der Waals surface area contributed by atoms with Crippen LogP contribution in [-0.2, 0) is 10.4 Å². The van der Waals surface area contributed by atoms with Crippen molar-refractivity contribution in [2.24, 2.45) is 5.41 Å². The lowest BCUT2D eigenvalue weighted by atomic mass is 9.90. The van der Waals surface area contributed by atoms with Crippen LogP contribution in [0.2, 0.25) is 0 Å². The highest BCUT2D eigenvalue weighted by Gasteiger charge is 2.39. The third kappa shape index (κ3) is 2.47. The average molecular weight is 247 g/mol. The van der Waals surface area contributed by atoms with Gasteiger partial charge in [-0.15, -0.1) is 0 Å². The SMILES string of the molecule is CC1(C)CON(C(C)(C)c2ccc(C=O)cc2)C1. The molecule has 1 heterocycles. The second-order valence-corrected chi connectivity index (χ2v) is 6.27. The molecule has 2 rings (SSSR count). The molecule has 0 saturated carbocycles. The predicted octanol–water partition coefficient (Wildman–Crippen LogP) is 3.01. The summed E-state index contributed by atoms with van der Waals surface area (Å²) in [6.07, 6.45) is 0.867. The second-order valence-electron chi connectivity index (χ2n) is 6.27. The number of aldehydes is 1. The van der Waals surface area contributed by atoms with E-state index in [-0.39, 0.29) is 11.0 Å². The van der Waals surface area contributed by atoms with Crippen LogP contribution in [-0.4, -0.2) is 24.5 Å². The molecule has 1 aromatic rings. The van der Waals surface area contributed by atoms with Crippen LogP contribution in [0.15, 0.2) is 24.3 Å².